The van der Waals surface area contributed by atoms with Crippen LogP contribution in [0.1, 0.15) is 25.2 Å². The number of aromatic nitrogens is 3. The van der Waals surface area contributed by atoms with Gasteiger partial charge in [0, 0.05) is 12.0 Å². The van der Waals surface area contributed by atoms with Gasteiger partial charge >= 0.3 is 0 Å². The number of hydrogen-bond acceptors (Lipinski definition) is 4. The molecule has 0 spiro atoms. The summed E-state index contributed by atoms with van der Waals surface area (Å²) in [6.07, 6.45) is 2.17. The quantitative estimate of drug-likeness (QED) is 0.934. The number of carbonyl (C=O) groups excluding carboxylic acids is 1. The summed E-state index contributed by atoms with van der Waals surface area (Å²) in [5.74, 6) is 1.19. The lowest BCUT2D eigenvalue weighted by molar-refractivity contribution is -0.142. The van der Waals surface area contributed by atoms with Gasteiger partial charge in [0.15, 0.2) is 0 Å². The summed E-state index contributed by atoms with van der Waals surface area (Å²) in [6, 6.07) is 7.02. The SMILES string of the molecule is CC(C)(Cc1ccc(O)cc1)C(=O)N1CCn2ncnc2C1. The standard InChI is InChI=1S/C16H20N4O2/c1-16(2,9-12-3-5-13(21)6-4-12)15(22)19-7-8-20-14(10-19)17-11-18-20/h3-6,11,21H,7-10H2,1-2H3. The first-order valence-electron chi connectivity index (χ1n) is 7.40. The van der Waals surface area contributed by atoms with E-state index in [1.54, 1.807) is 12.1 Å². The predicted octanol–water partition coefficient (Wildman–Crippen LogP) is 1.59. The summed E-state index contributed by atoms with van der Waals surface area (Å²) in [7, 11) is 0. The van der Waals surface area contributed by atoms with Crippen molar-refractivity contribution in [1.82, 2.24) is 19.7 Å². The van der Waals surface area contributed by atoms with Crippen LogP contribution in [0, 0.1) is 5.41 Å². The molecule has 6 heteroatoms. The van der Waals surface area contributed by atoms with Gasteiger partial charge in [0.25, 0.3) is 0 Å². The number of phenols is 1. The molecule has 2 aromatic rings. The molecule has 1 aromatic carbocycles. The Kier molecular flexibility index (Phi) is 3.60. The van der Waals surface area contributed by atoms with Crippen LogP contribution < -0.4 is 0 Å². The second kappa shape index (κ2) is 5.44. The molecule has 1 aliphatic heterocycles. The predicted molar refractivity (Wildman–Crippen MR) is 81.0 cm³/mol. The summed E-state index contributed by atoms with van der Waals surface area (Å²) >= 11 is 0. The van der Waals surface area contributed by atoms with Gasteiger partial charge in [-0.25, -0.2) is 9.67 Å². The lowest BCUT2D eigenvalue weighted by Crippen LogP contribution is -2.45. The van der Waals surface area contributed by atoms with Crippen LogP contribution in [-0.2, 0) is 24.3 Å². The van der Waals surface area contributed by atoms with E-state index in [1.165, 1.54) is 6.33 Å². The Labute approximate surface area is 129 Å². The molecule has 116 valence electrons. The van der Waals surface area contributed by atoms with Crippen LogP contribution in [0.15, 0.2) is 30.6 Å². The minimum atomic E-state index is -0.501. The summed E-state index contributed by atoms with van der Waals surface area (Å²) in [4.78, 5) is 18.9. The van der Waals surface area contributed by atoms with Crippen molar-refractivity contribution in [2.45, 2.75) is 33.4 Å². The van der Waals surface area contributed by atoms with Crippen LogP contribution >= 0.6 is 0 Å². The lowest BCUT2D eigenvalue weighted by atomic mass is 9.84. The maximum absolute atomic E-state index is 12.8. The molecule has 1 aliphatic rings. The Morgan fingerprint density at radius 3 is 2.73 bits per heavy atom. The average molecular weight is 300 g/mol. The highest BCUT2D eigenvalue weighted by atomic mass is 16.3. The van der Waals surface area contributed by atoms with Crippen molar-refractivity contribution < 1.29 is 9.90 Å². The van der Waals surface area contributed by atoms with Crippen LogP contribution in [0.2, 0.25) is 0 Å². The molecular formula is C16H20N4O2. The minimum Gasteiger partial charge on any atom is -0.508 e. The van der Waals surface area contributed by atoms with E-state index < -0.39 is 5.41 Å². The molecule has 1 N–H and O–H groups in total. The van der Waals surface area contributed by atoms with Gasteiger partial charge in [-0.2, -0.15) is 5.10 Å². The molecule has 22 heavy (non-hydrogen) atoms. The van der Waals surface area contributed by atoms with Crippen LogP contribution in [0.25, 0.3) is 0 Å². The van der Waals surface area contributed by atoms with Crippen molar-refractivity contribution in [3.8, 4) is 5.75 Å². The van der Waals surface area contributed by atoms with E-state index in [-0.39, 0.29) is 11.7 Å². The zero-order valence-electron chi connectivity index (χ0n) is 12.9. The van der Waals surface area contributed by atoms with Crippen LogP contribution in [-0.4, -0.2) is 37.2 Å². The summed E-state index contributed by atoms with van der Waals surface area (Å²) in [5.41, 5.74) is 0.537. The fourth-order valence-corrected chi connectivity index (χ4v) is 2.86. The van der Waals surface area contributed by atoms with Crippen molar-refractivity contribution in [3.05, 3.63) is 42.0 Å². The van der Waals surface area contributed by atoms with Crippen molar-refractivity contribution >= 4 is 5.91 Å². The Bertz CT molecular complexity index is 676. The molecule has 0 saturated carbocycles. The number of nitrogens with zero attached hydrogens (tertiary/aromatic N) is 4. The van der Waals surface area contributed by atoms with Gasteiger partial charge in [-0.05, 0) is 24.1 Å². The number of hydrogen-bond donors (Lipinski definition) is 1. The molecule has 0 aliphatic carbocycles. The molecule has 1 amide bonds. The summed E-state index contributed by atoms with van der Waals surface area (Å²) < 4.78 is 1.84. The average Bonchev–Trinajstić information content (AvgIpc) is 2.96. The Hall–Kier alpha value is -2.37. The van der Waals surface area contributed by atoms with Crippen molar-refractivity contribution in [2.24, 2.45) is 5.41 Å². The van der Waals surface area contributed by atoms with E-state index in [1.807, 2.05) is 35.6 Å². The molecule has 6 nitrogen and oxygen atoms in total. The monoisotopic (exact) mass is 300 g/mol. The van der Waals surface area contributed by atoms with Gasteiger partial charge in [-0.1, -0.05) is 26.0 Å². The molecule has 3 rings (SSSR count). The highest BCUT2D eigenvalue weighted by molar-refractivity contribution is 5.82. The third-order valence-electron chi connectivity index (χ3n) is 4.06. The first-order chi connectivity index (χ1) is 10.5. The molecule has 0 saturated heterocycles. The number of fused-ring (bicyclic) bond motifs is 1. The number of rotatable bonds is 3. The zero-order valence-corrected chi connectivity index (χ0v) is 12.9. The largest absolute Gasteiger partial charge is 0.508 e. The normalized spacial score (nSPS) is 14.7. The Morgan fingerprint density at radius 2 is 2.00 bits per heavy atom. The van der Waals surface area contributed by atoms with E-state index in [2.05, 4.69) is 10.1 Å². The third-order valence-corrected chi connectivity index (χ3v) is 4.06. The van der Waals surface area contributed by atoms with E-state index in [0.29, 0.717) is 26.1 Å². The van der Waals surface area contributed by atoms with E-state index in [4.69, 9.17) is 0 Å². The highest BCUT2D eigenvalue weighted by Crippen LogP contribution is 2.27. The Balaban J connectivity index is 1.72. The van der Waals surface area contributed by atoms with Crippen molar-refractivity contribution in [1.29, 1.82) is 0 Å². The number of carbonyl (C=O) groups is 1. The van der Waals surface area contributed by atoms with E-state index in [9.17, 15) is 9.90 Å². The minimum absolute atomic E-state index is 0.120. The molecular weight excluding hydrogens is 280 g/mol. The highest BCUT2D eigenvalue weighted by Gasteiger charge is 2.34. The molecule has 0 bridgehead atoms. The molecule has 0 radical (unpaired) electrons. The molecule has 0 fully saturated rings. The molecule has 0 unspecified atom stereocenters. The van der Waals surface area contributed by atoms with Gasteiger partial charge in [0.1, 0.15) is 17.9 Å². The fourth-order valence-electron chi connectivity index (χ4n) is 2.86. The Morgan fingerprint density at radius 1 is 1.27 bits per heavy atom. The van der Waals surface area contributed by atoms with Crippen molar-refractivity contribution in [3.63, 3.8) is 0 Å². The first kappa shape index (κ1) is 14.6. The molecule has 1 aromatic heterocycles. The van der Waals surface area contributed by atoms with Crippen LogP contribution in [0.4, 0.5) is 0 Å². The molecule has 0 atom stereocenters. The van der Waals surface area contributed by atoms with E-state index >= 15 is 0 Å². The van der Waals surface area contributed by atoms with Crippen LogP contribution in [0.3, 0.4) is 0 Å². The lowest BCUT2D eigenvalue weighted by Gasteiger charge is -2.34. The maximum Gasteiger partial charge on any atom is 0.229 e. The first-order valence-corrected chi connectivity index (χ1v) is 7.40. The summed E-state index contributed by atoms with van der Waals surface area (Å²) in [5, 5.41) is 13.5. The number of amides is 1. The van der Waals surface area contributed by atoms with Crippen molar-refractivity contribution in [2.75, 3.05) is 6.54 Å². The van der Waals surface area contributed by atoms with Gasteiger partial charge in [-0.3, -0.25) is 4.79 Å². The second-order valence-electron chi connectivity index (χ2n) is 6.35. The van der Waals surface area contributed by atoms with Gasteiger partial charge in [-0.15, -0.1) is 0 Å². The smallest absolute Gasteiger partial charge is 0.229 e. The van der Waals surface area contributed by atoms with Gasteiger partial charge < -0.3 is 10.0 Å². The number of benzene rings is 1. The number of aromatic hydroxyl groups is 1. The van der Waals surface area contributed by atoms with Crippen LogP contribution in [0.5, 0.6) is 5.75 Å². The maximum atomic E-state index is 12.8. The fraction of sp³-hybridized carbons (Fsp3) is 0.438. The van der Waals surface area contributed by atoms with E-state index in [0.717, 1.165) is 11.4 Å². The molecule has 2 heterocycles. The van der Waals surface area contributed by atoms with Gasteiger partial charge in [0.05, 0.1) is 13.1 Å². The second-order valence-corrected chi connectivity index (χ2v) is 6.35. The third kappa shape index (κ3) is 2.81. The summed E-state index contributed by atoms with van der Waals surface area (Å²) in [6.45, 7) is 5.78. The topological polar surface area (TPSA) is 71.2 Å². The number of phenolic OH excluding ortho intramolecular Hbond substituents is 1. The van der Waals surface area contributed by atoms with Gasteiger partial charge in [0.2, 0.25) is 5.91 Å². The zero-order chi connectivity index (χ0) is 15.7.